The van der Waals surface area contributed by atoms with Gasteiger partial charge in [0.15, 0.2) is 11.6 Å². The van der Waals surface area contributed by atoms with Crippen LogP contribution >= 0.6 is 0 Å². The van der Waals surface area contributed by atoms with E-state index >= 15 is 0 Å². The topological polar surface area (TPSA) is 101 Å². The van der Waals surface area contributed by atoms with Gasteiger partial charge < -0.3 is 19.3 Å². The monoisotopic (exact) mass is 605 g/mol. The normalized spacial score (nSPS) is 17.5. The van der Waals surface area contributed by atoms with E-state index in [-0.39, 0.29) is 12.5 Å². The number of amides is 1. The van der Waals surface area contributed by atoms with E-state index in [4.69, 9.17) is 24.3 Å². The Balaban J connectivity index is 1.41. The first-order valence-electron chi connectivity index (χ1n) is 15.1. The van der Waals surface area contributed by atoms with Crippen LogP contribution in [0.4, 0.5) is 0 Å². The molecule has 1 amide bonds. The molecule has 3 N–H and O–H groups in total. The summed E-state index contributed by atoms with van der Waals surface area (Å²) in [5, 5.41) is 9.05. The third-order valence-electron chi connectivity index (χ3n) is 7.57. The molecule has 0 saturated carbocycles. The lowest BCUT2D eigenvalue weighted by Crippen LogP contribution is -2.52. The number of ether oxygens (including phenoxy) is 3. The number of nitrogens with one attached hydrogen (secondary N) is 2. The summed E-state index contributed by atoms with van der Waals surface area (Å²) < 4.78 is 17.5. The first-order valence-corrected chi connectivity index (χ1v) is 15.1. The zero-order valence-corrected chi connectivity index (χ0v) is 25.4. The number of benzene rings is 4. The van der Waals surface area contributed by atoms with Crippen LogP contribution in [0.25, 0.3) is 6.08 Å². The van der Waals surface area contributed by atoms with E-state index in [9.17, 15) is 4.79 Å². The van der Waals surface area contributed by atoms with Crippen LogP contribution in [-0.2, 0) is 16.0 Å². The maximum absolute atomic E-state index is 14.2. The Morgan fingerprint density at radius 2 is 1.62 bits per heavy atom. The maximum Gasteiger partial charge on any atom is 0.266 e. The van der Waals surface area contributed by atoms with E-state index in [0.717, 1.165) is 28.0 Å². The van der Waals surface area contributed by atoms with Gasteiger partial charge in [0.05, 0.1) is 13.7 Å². The zero-order valence-electron chi connectivity index (χ0n) is 25.4. The van der Waals surface area contributed by atoms with Crippen LogP contribution < -0.4 is 20.3 Å². The van der Waals surface area contributed by atoms with Gasteiger partial charge in [0.25, 0.3) is 5.91 Å². The number of hydrogen-bond donors (Lipinski definition) is 3. The molecule has 4 aromatic rings. The van der Waals surface area contributed by atoms with Crippen molar-refractivity contribution in [1.82, 2.24) is 10.9 Å². The molecule has 4 aromatic carbocycles. The largest absolute Gasteiger partial charge is 0.497 e. The average molecular weight is 606 g/mol. The number of carbonyl (C=O) groups excluding carboxylic acids is 1. The summed E-state index contributed by atoms with van der Waals surface area (Å²) in [6, 6.07) is 35.0. The number of carbonyl (C=O) groups is 1. The molecule has 0 spiro atoms. The molecule has 1 aliphatic rings. The third kappa shape index (κ3) is 8.17. The van der Waals surface area contributed by atoms with E-state index in [1.54, 1.807) is 7.11 Å². The SMILES string of the molecule is COc1ccc(CCNNC(=O)[C@@]2(C/C=C/c3ccccc3)N=C(c3ccc(OCCCO)cc3)O[C@H]2c2ccccc2)cc1. The summed E-state index contributed by atoms with van der Waals surface area (Å²) >= 11 is 0. The highest BCUT2D eigenvalue weighted by atomic mass is 16.5. The number of nitrogens with zero attached hydrogens (tertiary/aromatic N) is 1. The van der Waals surface area contributed by atoms with E-state index in [1.165, 1.54) is 0 Å². The molecule has 8 heteroatoms. The number of aliphatic hydroxyl groups is 1. The average Bonchev–Trinajstić information content (AvgIpc) is 3.49. The maximum atomic E-state index is 14.2. The molecule has 1 heterocycles. The Morgan fingerprint density at radius 1 is 0.933 bits per heavy atom. The van der Waals surface area contributed by atoms with Gasteiger partial charge in [-0.1, -0.05) is 84.9 Å². The van der Waals surface area contributed by atoms with Gasteiger partial charge in [-0.2, -0.15) is 0 Å². The van der Waals surface area contributed by atoms with Crippen LogP contribution in [0.2, 0.25) is 0 Å². The lowest BCUT2D eigenvalue weighted by Gasteiger charge is -2.29. The summed E-state index contributed by atoms with van der Waals surface area (Å²) in [6.07, 6.45) is 4.89. The first kappa shape index (κ1) is 31.5. The van der Waals surface area contributed by atoms with E-state index in [2.05, 4.69) is 10.9 Å². The Morgan fingerprint density at radius 3 is 2.31 bits per heavy atom. The van der Waals surface area contributed by atoms with E-state index in [1.807, 2.05) is 121 Å². The van der Waals surface area contributed by atoms with Crippen molar-refractivity contribution in [3.05, 3.63) is 138 Å². The molecule has 1 aliphatic heterocycles. The molecule has 8 nitrogen and oxygen atoms in total. The van der Waals surface area contributed by atoms with Crippen LogP contribution in [0.5, 0.6) is 11.5 Å². The van der Waals surface area contributed by atoms with Crippen molar-refractivity contribution in [3.8, 4) is 11.5 Å². The second-order valence-corrected chi connectivity index (χ2v) is 10.7. The lowest BCUT2D eigenvalue weighted by molar-refractivity contribution is -0.129. The van der Waals surface area contributed by atoms with Crippen LogP contribution in [0.15, 0.2) is 120 Å². The molecule has 0 aliphatic carbocycles. The van der Waals surface area contributed by atoms with Crippen molar-refractivity contribution < 1.29 is 24.1 Å². The molecule has 0 saturated heterocycles. The van der Waals surface area contributed by atoms with E-state index in [0.29, 0.717) is 44.1 Å². The van der Waals surface area contributed by atoms with Gasteiger partial charge >= 0.3 is 0 Å². The summed E-state index contributed by atoms with van der Waals surface area (Å²) in [7, 11) is 1.64. The van der Waals surface area contributed by atoms with Crippen LogP contribution in [0.1, 0.15) is 41.2 Å². The minimum atomic E-state index is -1.29. The number of hydrazine groups is 1. The second kappa shape index (κ2) is 15.7. The molecular formula is C37H39N3O5. The van der Waals surface area contributed by atoms with Crippen molar-refractivity contribution in [1.29, 1.82) is 0 Å². The second-order valence-electron chi connectivity index (χ2n) is 10.7. The number of aliphatic imine (C=N–C) groups is 1. The van der Waals surface area contributed by atoms with Gasteiger partial charge in [0.2, 0.25) is 5.90 Å². The van der Waals surface area contributed by atoms with Gasteiger partial charge in [-0.3, -0.25) is 10.2 Å². The minimum Gasteiger partial charge on any atom is -0.497 e. The smallest absolute Gasteiger partial charge is 0.266 e. The van der Waals surface area contributed by atoms with Crippen LogP contribution in [-0.4, -0.2) is 49.3 Å². The molecule has 0 bridgehead atoms. The molecule has 0 fully saturated rings. The molecule has 2 atom stereocenters. The number of rotatable bonds is 15. The quantitative estimate of drug-likeness (QED) is 0.119. The van der Waals surface area contributed by atoms with Crippen molar-refractivity contribution in [2.24, 2.45) is 4.99 Å². The molecule has 232 valence electrons. The number of aliphatic hydroxyl groups excluding tert-OH is 1. The van der Waals surface area contributed by atoms with Crippen LogP contribution in [0, 0.1) is 0 Å². The standard InChI is InChI=1S/C37H39N3O5/c1-43-32-19-15-29(16-20-32)23-25-38-40-36(42)37(24-8-12-28-10-4-2-5-11-28)34(30-13-6-3-7-14-30)45-35(39-37)31-17-21-33(22-18-31)44-27-9-26-41/h2-8,10-22,34,38,41H,9,23-27H2,1H3,(H,40,42)/b12-8+/t34-,37-/m0/s1. The fourth-order valence-corrected chi connectivity index (χ4v) is 5.13. The summed E-state index contributed by atoms with van der Waals surface area (Å²) in [5.74, 6) is 1.58. The minimum absolute atomic E-state index is 0.0722. The number of hydrogen-bond acceptors (Lipinski definition) is 7. The van der Waals surface area contributed by atoms with Gasteiger partial charge in [0.1, 0.15) is 11.5 Å². The molecule has 0 aromatic heterocycles. The van der Waals surface area contributed by atoms with Gasteiger partial charge in [-0.15, -0.1) is 0 Å². The Labute approximate surface area is 264 Å². The molecule has 0 unspecified atom stereocenters. The molecule has 45 heavy (non-hydrogen) atoms. The zero-order chi connectivity index (χ0) is 31.3. The molecule has 0 radical (unpaired) electrons. The predicted molar refractivity (Wildman–Crippen MR) is 176 cm³/mol. The van der Waals surface area contributed by atoms with Gasteiger partial charge in [0, 0.05) is 31.6 Å². The number of methoxy groups -OCH3 is 1. The fraction of sp³-hybridized carbons (Fsp3) is 0.243. The summed E-state index contributed by atoms with van der Waals surface area (Å²) in [5.41, 5.74) is 8.50. The Hall–Kier alpha value is -4.92. The van der Waals surface area contributed by atoms with Crippen molar-refractivity contribution in [2.45, 2.75) is 30.9 Å². The van der Waals surface area contributed by atoms with Gasteiger partial charge in [-0.25, -0.2) is 10.4 Å². The van der Waals surface area contributed by atoms with E-state index < -0.39 is 11.6 Å². The third-order valence-corrected chi connectivity index (χ3v) is 7.57. The predicted octanol–water partition coefficient (Wildman–Crippen LogP) is 5.68. The highest BCUT2D eigenvalue weighted by molar-refractivity contribution is 6.01. The van der Waals surface area contributed by atoms with Crippen molar-refractivity contribution >= 4 is 17.9 Å². The van der Waals surface area contributed by atoms with Gasteiger partial charge in [-0.05, 0) is 59.5 Å². The summed E-state index contributed by atoms with van der Waals surface area (Å²) in [4.78, 5) is 19.3. The van der Waals surface area contributed by atoms with Crippen LogP contribution in [0.3, 0.4) is 0 Å². The highest BCUT2D eigenvalue weighted by Gasteiger charge is 2.52. The first-order chi connectivity index (χ1) is 22.1. The van der Waals surface area contributed by atoms with Crippen molar-refractivity contribution in [3.63, 3.8) is 0 Å². The molecular weight excluding hydrogens is 566 g/mol. The lowest BCUT2D eigenvalue weighted by atomic mass is 9.84. The molecule has 5 rings (SSSR count). The Kier molecular flexibility index (Phi) is 11.0. The van der Waals surface area contributed by atoms with Crippen molar-refractivity contribution in [2.75, 3.05) is 26.9 Å². The fourth-order valence-electron chi connectivity index (χ4n) is 5.13. The Bertz CT molecular complexity index is 1560. The summed E-state index contributed by atoms with van der Waals surface area (Å²) in [6.45, 7) is 1.02. The highest BCUT2D eigenvalue weighted by Crippen LogP contribution is 2.42.